The Bertz CT molecular complexity index is 525. The van der Waals surface area contributed by atoms with Gasteiger partial charge >= 0.3 is 0 Å². The van der Waals surface area contributed by atoms with Gasteiger partial charge < -0.3 is 19.4 Å². The number of benzene rings is 1. The summed E-state index contributed by atoms with van der Waals surface area (Å²) in [4.78, 5) is 4.28. The molecule has 2 rings (SSSR count). The van der Waals surface area contributed by atoms with E-state index in [2.05, 4.69) is 10.3 Å². The van der Waals surface area contributed by atoms with Gasteiger partial charge in [-0.1, -0.05) is 12.1 Å². The van der Waals surface area contributed by atoms with Gasteiger partial charge in [-0.15, -0.1) is 0 Å². The molecule has 2 aromatic rings. The highest BCUT2D eigenvalue weighted by Crippen LogP contribution is 2.25. The van der Waals surface area contributed by atoms with Crippen molar-refractivity contribution in [3.8, 4) is 11.5 Å². The van der Waals surface area contributed by atoms with Crippen LogP contribution in [-0.2, 0) is 13.5 Å². The minimum Gasteiger partial charge on any atom is -0.493 e. The molecule has 0 aliphatic rings. The van der Waals surface area contributed by atoms with Gasteiger partial charge in [0.05, 0.1) is 7.11 Å². The fraction of sp³-hybridized carbons (Fsp3) is 0.400. The van der Waals surface area contributed by atoms with Crippen molar-refractivity contribution in [2.24, 2.45) is 7.05 Å². The van der Waals surface area contributed by atoms with Gasteiger partial charge in [0.1, 0.15) is 12.4 Å². The van der Waals surface area contributed by atoms with E-state index in [1.807, 2.05) is 48.3 Å². The third-order valence-corrected chi connectivity index (χ3v) is 3.05. The molecular weight excluding hydrogens is 254 g/mol. The van der Waals surface area contributed by atoms with Crippen molar-refractivity contribution in [1.82, 2.24) is 14.9 Å². The van der Waals surface area contributed by atoms with Crippen molar-refractivity contribution >= 4 is 0 Å². The Balaban J connectivity index is 1.63. The fourth-order valence-corrected chi connectivity index (χ4v) is 1.93. The standard InChI is InChI=1S/C15H21N3O2/c1-18-11-9-17-15(18)7-8-16-10-12-20-14-6-4-3-5-13(14)19-2/h3-6,9,11,16H,7-8,10,12H2,1-2H3. The van der Waals surface area contributed by atoms with Crippen LogP contribution in [0.5, 0.6) is 11.5 Å². The van der Waals surface area contributed by atoms with Crippen molar-refractivity contribution < 1.29 is 9.47 Å². The molecule has 1 aromatic carbocycles. The van der Waals surface area contributed by atoms with Crippen LogP contribution in [-0.4, -0.2) is 36.4 Å². The largest absolute Gasteiger partial charge is 0.493 e. The molecule has 0 saturated carbocycles. The molecule has 0 saturated heterocycles. The number of para-hydroxylation sites is 2. The molecule has 0 spiro atoms. The first-order chi connectivity index (χ1) is 9.81. The molecule has 0 bridgehead atoms. The van der Waals surface area contributed by atoms with Gasteiger partial charge in [-0.05, 0) is 12.1 Å². The average molecular weight is 275 g/mol. The lowest BCUT2D eigenvalue weighted by atomic mass is 10.3. The highest BCUT2D eigenvalue weighted by Gasteiger charge is 2.02. The number of rotatable bonds is 8. The monoisotopic (exact) mass is 275 g/mol. The molecule has 20 heavy (non-hydrogen) atoms. The Morgan fingerprint density at radius 3 is 2.70 bits per heavy atom. The van der Waals surface area contributed by atoms with Crippen molar-refractivity contribution in [2.75, 3.05) is 26.8 Å². The lowest BCUT2D eigenvalue weighted by molar-refractivity contribution is 0.292. The predicted molar refractivity (Wildman–Crippen MR) is 78.3 cm³/mol. The summed E-state index contributed by atoms with van der Waals surface area (Å²) >= 11 is 0. The number of aromatic nitrogens is 2. The Hall–Kier alpha value is -2.01. The first-order valence-corrected chi connectivity index (χ1v) is 6.74. The SMILES string of the molecule is COc1ccccc1OCCNCCc1nccn1C. The Labute approximate surface area is 119 Å². The second kappa shape index (κ2) is 7.55. The van der Waals surface area contributed by atoms with Crippen LogP contribution in [0.2, 0.25) is 0 Å². The highest BCUT2D eigenvalue weighted by atomic mass is 16.5. The second-order valence-electron chi connectivity index (χ2n) is 4.45. The highest BCUT2D eigenvalue weighted by molar-refractivity contribution is 5.39. The van der Waals surface area contributed by atoms with Crippen molar-refractivity contribution in [3.05, 3.63) is 42.5 Å². The summed E-state index contributed by atoms with van der Waals surface area (Å²) < 4.78 is 12.9. The van der Waals surface area contributed by atoms with Crippen LogP contribution in [0, 0.1) is 0 Å². The molecule has 5 heteroatoms. The smallest absolute Gasteiger partial charge is 0.161 e. The number of aryl methyl sites for hydroxylation is 1. The van der Waals surface area contributed by atoms with Crippen LogP contribution in [0.1, 0.15) is 5.82 Å². The molecule has 0 atom stereocenters. The number of hydrogen-bond donors (Lipinski definition) is 1. The van der Waals surface area contributed by atoms with E-state index in [1.165, 1.54) is 0 Å². The molecular formula is C15H21N3O2. The molecule has 108 valence electrons. The lowest BCUT2D eigenvalue weighted by Gasteiger charge is -2.10. The molecule has 1 N–H and O–H groups in total. The molecule has 0 aliphatic heterocycles. The summed E-state index contributed by atoms with van der Waals surface area (Å²) in [5.74, 6) is 2.63. The first-order valence-electron chi connectivity index (χ1n) is 6.74. The van der Waals surface area contributed by atoms with Crippen LogP contribution < -0.4 is 14.8 Å². The second-order valence-corrected chi connectivity index (χ2v) is 4.45. The van der Waals surface area contributed by atoms with E-state index in [0.29, 0.717) is 6.61 Å². The first kappa shape index (κ1) is 14.4. The van der Waals surface area contributed by atoms with Crippen molar-refractivity contribution in [2.45, 2.75) is 6.42 Å². The van der Waals surface area contributed by atoms with Gasteiger partial charge in [-0.3, -0.25) is 0 Å². The summed E-state index contributed by atoms with van der Waals surface area (Å²) in [6, 6.07) is 7.67. The number of hydrogen-bond acceptors (Lipinski definition) is 4. The summed E-state index contributed by atoms with van der Waals surface area (Å²) in [6.07, 6.45) is 4.69. The molecule has 5 nitrogen and oxygen atoms in total. The molecule has 1 aromatic heterocycles. The number of ether oxygens (including phenoxy) is 2. The van der Waals surface area contributed by atoms with Crippen molar-refractivity contribution in [1.29, 1.82) is 0 Å². The summed E-state index contributed by atoms with van der Waals surface area (Å²) in [5, 5.41) is 3.34. The Morgan fingerprint density at radius 1 is 1.20 bits per heavy atom. The minimum absolute atomic E-state index is 0.612. The van der Waals surface area contributed by atoms with Gasteiger partial charge in [0, 0.05) is 39.0 Å². The van der Waals surface area contributed by atoms with Gasteiger partial charge in [0.15, 0.2) is 11.5 Å². The van der Waals surface area contributed by atoms with Crippen LogP contribution in [0.3, 0.4) is 0 Å². The number of nitrogens with zero attached hydrogens (tertiary/aromatic N) is 2. The third-order valence-electron chi connectivity index (χ3n) is 3.05. The van der Waals surface area contributed by atoms with Gasteiger partial charge in [0.2, 0.25) is 0 Å². The van der Waals surface area contributed by atoms with E-state index in [9.17, 15) is 0 Å². The van der Waals surface area contributed by atoms with Crippen molar-refractivity contribution in [3.63, 3.8) is 0 Å². The summed E-state index contributed by atoms with van der Waals surface area (Å²) in [7, 11) is 3.65. The molecule has 0 radical (unpaired) electrons. The van der Waals surface area contributed by atoms with E-state index in [0.717, 1.165) is 36.8 Å². The normalized spacial score (nSPS) is 10.5. The van der Waals surface area contributed by atoms with Crippen LogP contribution in [0.15, 0.2) is 36.7 Å². The van der Waals surface area contributed by atoms with E-state index >= 15 is 0 Å². The molecule has 1 heterocycles. The quantitative estimate of drug-likeness (QED) is 0.744. The number of methoxy groups -OCH3 is 1. The van der Waals surface area contributed by atoms with Crippen LogP contribution in [0.25, 0.3) is 0 Å². The maximum absolute atomic E-state index is 5.68. The van der Waals surface area contributed by atoms with Gasteiger partial charge in [-0.25, -0.2) is 4.98 Å². The van der Waals surface area contributed by atoms with Gasteiger partial charge in [-0.2, -0.15) is 0 Å². The van der Waals surface area contributed by atoms with E-state index in [4.69, 9.17) is 9.47 Å². The molecule has 0 unspecified atom stereocenters. The topological polar surface area (TPSA) is 48.3 Å². The lowest BCUT2D eigenvalue weighted by Crippen LogP contribution is -2.24. The fourth-order valence-electron chi connectivity index (χ4n) is 1.93. The van der Waals surface area contributed by atoms with Crippen LogP contribution in [0.4, 0.5) is 0 Å². The zero-order valence-electron chi connectivity index (χ0n) is 12.0. The predicted octanol–water partition coefficient (Wildman–Crippen LogP) is 1.64. The molecule has 0 aliphatic carbocycles. The Morgan fingerprint density at radius 2 is 2.00 bits per heavy atom. The maximum Gasteiger partial charge on any atom is 0.161 e. The summed E-state index contributed by atoms with van der Waals surface area (Å²) in [5.41, 5.74) is 0. The maximum atomic E-state index is 5.68. The molecule has 0 fully saturated rings. The minimum atomic E-state index is 0.612. The van der Waals surface area contributed by atoms with Crippen LogP contribution >= 0.6 is 0 Å². The average Bonchev–Trinajstić information content (AvgIpc) is 2.88. The van der Waals surface area contributed by atoms with E-state index in [-0.39, 0.29) is 0 Å². The van der Waals surface area contributed by atoms with E-state index in [1.54, 1.807) is 7.11 Å². The Kier molecular flexibility index (Phi) is 5.43. The zero-order valence-corrected chi connectivity index (χ0v) is 12.0. The zero-order chi connectivity index (χ0) is 14.2. The third kappa shape index (κ3) is 3.99. The summed E-state index contributed by atoms with van der Waals surface area (Å²) in [6.45, 7) is 2.30. The molecule has 0 amide bonds. The number of nitrogens with one attached hydrogen (secondary N) is 1. The number of imidazole rings is 1. The van der Waals surface area contributed by atoms with Gasteiger partial charge in [0.25, 0.3) is 0 Å². The van der Waals surface area contributed by atoms with E-state index < -0.39 is 0 Å².